The molecule has 0 atom stereocenters. The molecule has 0 bridgehead atoms. The van der Waals surface area contributed by atoms with Gasteiger partial charge in [0, 0.05) is 12.6 Å². The molecule has 162 valence electrons. The number of amides is 1. The van der Waals surface area contributed by atoms with Gasteiger partial charge < -0.3 is 4.90 Å². The van der Waals surface area contributed by atoms with E-state index in [0.29, 0.717) is 22.6 Å². The van der Waals surface area contributed by atoms with Crippen LogP contribution in [-0.4, -0.2) is 38.7 Å². The Balaban J connectivity index is 1.68. The number of hydrogen-bond donors (Lipinski definition) is 0. The lowest BCUT2D eigenvalue weighted by Crippen LogP contribution is -2.42. The molecule has 0 radical (unpaired) electrons. The van der Waals surface area contributed by atoms with Gasteiger partial charge in [-0.2, -0.15) is 0 Å². The monoisotopic (exact) mass is 439 g/mol. The second-order valence-corrected chi connectivity index (χ2v) is 8.71. The van der Waals surface area contributed by atoms with E-state index in [-0.39, 0.29) is 28.9 Å². The van der Waals surface area contributed by atoms with Crippen LogP contribution in [0.25, 0.3) is 16.6 Å². The summed E-state index contributed by atoms with van der Waals surface area (Å²) in [4.78, 5) is 32.8. The lowest BCUT2D eigenvalue weighted by molar-refractivity contribution is -0.131. The van der Waals surface area contributed by atoms with Crippen molar-refractivity contribution in [3.8, 4) is 5.69 Å². The predicted octanol–water partition coefficient (Wildman–Crippen LogP) is 4.80. The Morgan fingerprint density at radius 1 is 1.13 bits per heavy atom. The summed E-state index contributed by atoms with van der Waals surface area (Å²) in [6.07, 6.45) is 5.62. The van der Waals surface area contributed by atoms with Crippen molar-refractivity contribution >= 4 is 28.6 Å². The van der Waals surface area contributed by atoms with Crippen molar-refractivity contribution < 1.29 is 9.18 Å². The van der Waals surface area contributed by atoms with Crippen LogP contribution in [0.3, 0.4) is 0 Å². The maximum atomic E-state index is 14.6. The molecule has 1 aliphatic rings. The van der Waals surface area contributed by atoms with Gasteiger partial charge in [-0.1, -0.05) is 55.3 Å². The molecule has 0 unspecified atom stereocenters. The van der Waals surface area contributed by atoms with E-state index in [4.69, 9.17) is 0 Å². The maximum absolute atomic E-state index is 14.6. The molecule has 1 aliphatic carbocycles. The van der Waals surface area contributed by atoms with Crippen LogP contribution < -0.4 is 5.56 Å². The third-order valence-electron chi connectivity index (χ3n) is 5.84. The minimum Gasteiger partial charge on any atom is -0.339 e. The van der Waals surface area contributed by atoms with E-state index in [2.05, 4.69) is 4.98 Å². The predicted molar refractivity (Wildman–Crippen MR) is 122 cm³/mol. The molecule has 31 heavy (non-hydrogen) atoms. The fourth-order valence-corrected chi connectivity index (χ4v) is 5.19. The van der Waals surface area contributed by atoms with Crippen LogP contribution in [0.5, 0.6) is 0 Å². The number of fused-ring (bicyclic) bond motifs is 1. The van der Waals surface area contributed by atoms with Gasteiger partial charge in [-0.25, -0.2) is 9.37 Å². The second kappa shape index (κ2) is 9.64. The molecule has 0 N–H and O–H groups in total. The molecule has 1 amide bonds. The smallest absolute Gasteiger partial charge is 0.266 e. The molecule has 1 saturated carbocycles. The molecule has 1 aromatic heterocycles. The molecule has 1 heterocycles. The molecule has 5 nitrogen and oxygen atoms in total. The zero-order valence-electron chi connectivity index (χ0n) is 17.6. The van der Waals surface area contributed by atoms with Gasteiger partial charge in [-0.05, 0) is 44.0 Å². The van der Waals surface area contributed by atoms with Crippen molar-refractivity contribution in [3.05, 3.63) is 64.7 Å². The summed E-state index contributed by atoms with van der Waals surface area (Å²) in [7, 11) is 0. The van der Waals surface area contributed by atoms with Crippen molar-refractivity contribution in [2.45, 2.75) is 50.2 Å². The number of rotatable bonds is 6. The first-order chi connectivity index (χ1) is 15.1. The number of nitrogens with zero attached hydrogens (tertiary/aromatic N) is 3. The van der Waals surface area contributed by atoms with Crippen LogP contribution >= 0.6 is 11.8 Å². The highest BCUT2D eigenvalue weighted by Crippen LogP contribution is 2.26. The second-order valence-electron chi connectivity index (χ2n) is 7.76. The van der Waals surface area contributed by atoms with E-state index < -0.39 is 5.82 Å². The van der Waals surface area contributed by atoms with Crippen molar-refractivity contribution in [1.29, 1.82) is 0 Å². The van der Waals surface area contributed by atoms with Gasteiger partial charge >= 0.3 is 0 Å². The highest BCUT2D eigenvalue weighted by atomic mass is 32.2. The highest BCUT2D eigenvalue weighted by molar-refractivity contribution is 7.99. The van der Waals surface area contributed by atoms with Gasteiger partial charge in [-0.15, -0.1) is 0 Å². The average molecular weight is 440 g/mol. The number of benzene rings is 2. The van der Waals surface area contributed by atoms with E-state index in [1.54, 1.807) is 36.4 Å². The topological polar surface area (TPSA) is 55.2 Å². The average Bonchev–Trinajstić information content (AvgIpc) is 2.80. The summed E-state index contributed by atoms with van der Waals surface area (Å²) in [5.74, 6) is -0.321. The molecule has 0 saturated heterocycles. The normalized spacial score (nSPS) is 14.6. The quantitative estimate of drug-likeness (QED) is 0.409. The summed E-state index contributed by atoms with van der Waals surface area (Å²) in [6, 6.07) is 13.4. The molecule has 7 heteroatoms. The van der Waals surface area contributed by atoms with Crippen LogP contribution in [-0.2, 0) is 4.79 Å². The minimum absolute atomic E-state index is 0.0295. The van der Waals surface area contributed by atoms with Crippen LogP contribution in [0, 0.1) is 5.82 Å². The molecule has 1 fully saturated rings. The Hall–Kier alpha value is -2.67. The fourth-order valence-electron chi connectivity index (χ4n) is 4.29. The first-order valence-corrected chi connectivity index (χ1v) is 11.8. The largest absolute Gasteiger partial charge is 0.339 e. The van der Waals surface area contributed by atoms with Gasteiger partial charge in [0.05, 0.1) is 22.3 Å². The van der Waals surface area contributed by atoms with Crippen LogP contribution in [0.1, 0.15) is 39.0 Å². The van der Waals surface area contributed by atoms with Gasteiger partial charge in [0.25, 0.3) is 5.56 Å². The van der Waals surface area contributed by atoms with Gasteiger partial charge in [0.1, 0.15) is 5.82 Å². The summed E-state index contributed by atoms with van der Waals surface area (Å²) >= 11 is 1.19. The number of carbonyl (C=O) groups excluding carboxylic acids is 1. The zero-order chi connectivity index (χ0) is 21.8. The van der Waals surface area contributed by atoms with E-state index in [0.717, 1.165) is 25.7 Å². The zero-order valence-corrected chi connectivity index (χ0v) is 18.4. The van der Waals surface area contributed by atoms with E-state index in [1.807, 2.05) is 17.9 Å². The molecular formula is C24H26FN3O2S. The summed E-state index contributed by atoms with van der Waals surface area (Å²) in [5, 5.41) is 0.737. The highest BCUT2D eigenvalue weighted by Gasteiger charge is 2.25. The van der Waals surface area contributed by atoms with E-state index in [9.17, 15) is 14.0 Å². The van der Waals surface area contributed by atoms with Gasteiger partial charge in [0.15, 0.2) is 5.16 Å². The van der Waals surface area contributed by atoms with Crippen LogP contribution in [0.2, 0.25) is 0 Å². The van der Waals surface area contributed by atoms with Crippen LogP contribution in [0.4, 0.5) is 4.39 Å². The van der Waals surface area contributed by atoms with E-state index >= 15 is 0 Å². The van der Waals surface area contributed by atoms with Crippen molar-refractivity contribution in [3.63, 3.8) is 0 Å². The number of hydrogen-bond acceptors (Lipinski definition) is 4. The summed E-state index contributed by atoms with van der Waals surface area (Å²) in [6.45, 7) is 2.66. The van der Waals surface area contributed by atoms with Crippen molar-refractivity contribution in [1.82, 2.24) is 14.5 Å². The Labute approximate surface area is 185 Å². The SMILES string of the molecule is CCN(C(=O)CSc1nc2ccccc2c(=O)n1-c1ccccc1F)C1CCCCC1. The third kappa shape index (κ3) is 4.51. The number of aromatic nitrogens is 2. The number of carbonyl (C=O) groups is 1. The lowest BCUT2D eigenvalue weighted by Gasteiger charge is -2.33. The number of thioether (sulfide) groups is 1. The third-order valence-corrected chi connectivity index (χ3v) is 6.76. The Bertz CT molecular complexity index is 1140. The maximum Gasteiger partial charge on any atom is 0.266 e. The van der Waals surface area contributed by atoms with Crippen molar-refractivity contribution in [2.24, 2.45) is 0 Å². The molecule has 3 aromatic rings. The first-order valence-electron chi connectivity index (χ1n) is 10.8. The fraction of sp³-hybridized carbons (Fsp3) is 0.375. The van der Waals surface area contributed by atoms with Gasteiger partial charge in [0.2, 0.25) is 5.91 Å². The molecule has 2 aromatic carbocycles. The molecule has 4 rings (SSSR count). The Morgan fingerprint density at radius 3 is 2.58 bits per heavy atom. The molecule has 0 spiro atoms. The number of halogens is 1. The minimum atomic E-state index is -0.507. The molecule has 0 aliphatic heterocycles. The summed E-state index contributed by atoms with van der Waals surface area (Å²) in [5.41, 5.74) is 0.334. The van der Waals surface area contributed by atoms with E-state index in [1.165, 1.54) is 28.8 Å². The van der Waals surface area contributed by atoms with Gasteiger partial charge in [-0.3, -0.25) is 14.2 Å². The number of para-hydroxylation sites is 2. The summed E-state index contributed by atoms with van der Waals surface area (Å²) < 4.78 is 15.9. The first kappa shape index (κ1) is 21.6. The Morgan fingerprint density at radius 2 is 1.84 bits per heavy atom. The standard InChI is InChI=1S/C24H26FN3O2S/c1-2-27(17-10-4-3-5-11-17)22(29)16-31-24-26-20-14-8-6-12-18(20)23(30)28(24)21-15-9-7-13-19(21)25/h6-9,12-15,17H,2-5,10-11,16H2,1H3. The molecular weight excluding hydrogens is 413 g/mol. The van der Waals surface area contributed by atoms with Crippen molar-refractivity contribution in [2.75, 3.05) is 12.3 Å². The van der Waals surface area contributed by atoms with Crippen LogP contribution in [0.15, 0.2) is 58.5 Å². The lowest BCUT2D eigenvalue weighted by atomic mass is 9.94. The Kier molecular flexibility index (Phi) is 6.70.